The zero-order valence-corrected chi connectivity index (χ0v) is 18.4. The summed E-state index contributed by atoms with van der Waals surface area (Å²) in [6.45, 7) is 3.69. The highest BCUT2D eigenvalue weighted by Crippen LogP contribution is 2.33. The molecule has 1 aliphatic rings. The van der Waals surface area contributed by atoms with Crippen LogP contribution in [0.25, 0.3) is 27.9 Å². The Morgan fingerprint density at radius 1 is 1.25 bits per heavy atom. The Morgan fingerprint density at radius 2 is 2.06 bits per heavy atom. The first-order chi connectivity index (χ1) is 15.4. The average molecular weight is 434 g/mol. The van der Waals surface area contributed by atoms with E-state index >= 15 is 0 Å². The monoisotopic (exact) mass is 433 g/mol. The Bertz CT molecular complexity index is 1280. The minimum atomic E-state index is -0.136. The highest BCUT2D eigenvalue weighted by Gasteiger charge is 2.32. The third-order valence-electron chi connectivity index (χ3n) is 6.20. The van der Waals surface area contributed by atoms with Crippen molar-refractivity contribution in [1.82, 2.24) is 34.9 Å². The normalized spacial score (nSPS) is 21.0. The molecule has 0 radical (unpaired) electrons. The molecule has 0 atom stereocenters. The molecule has 0 unspecified atom stereocenters. The fourth-order valence-electron chi connectivity index (χ4n) is 4.57. The van der Waals surface area contributed by atoms with Crippen LogP contribution in [0.3, 0.4) is 0 Å². The fraction of sp³-hybridized carbons (Fsp3) is 0.409. The summed E-state index contributed by atoms with van der Waals surface area (Å²) in [5, 5.41) is 15.3. The lowest BCUT2D eigenvalue weighted by atomic mass is 9.81. The summed E-state index contributed by atoms with van der Waals surface area (Å²) in [5.74, 6) is 1.34. The van der Waals surface area contributed by atoms with Crippen LogP contribution in [-0.2, 0) is 4.79 Å². The van der Waals surface area contributed by atoms with Crippen molar-refractivity contribution < 1.29 is 4.79 Å². The first kappa shape index (κ1) is 20.2. The second-order valence-corrected chi connectivity index (χ2v) is 8.68. The maximum Gasteiger partial charge on any atom is 0.226 e. The van der Waals surface area contributed by atoms with Crippen LogP contribution >= 0.6 is 0 Å². The number of fused-ring (bicyclic) bond motifs is 2. The number of hydrogen-bond acceptors (Lipinski definition) is 7. The summed E-state index contributed by atoms with van der Waals surface area (Å²) >= 11 is 0. The van der Waals surface area contributed by atoms with E-state index in [2.05, 4.69) is 37.9 Å². The van der Waals surface area contributed by atoms with Crippen molar-refractivity contribution in [3.63, 3.8) is 0 Å². The second kappa shape index (κ2) is 7.77. The number of amides is 1. The molecule has 166 valence electrons. The van der Waals surface area contributed by atoms with E-state index in [9.17, 15) is 4.79 Å². The lowest BCUT2D eigenvalue weighted by molar-refractivity contribution is -0.121. The van der Waals surface area contributed by atoms with E-state index in [0.29, 0.717) is 5.95 Å². The fourth-order valence-corrected chi connectivity index (χ4v) is 4.57. The second-order valence-electron chi connectivity index (χ2n) is 8.68. The maximum atomic E-state index is 11.5. The van der Waals surface area contributed by atoms with Gasteiger partial charge in [-0.2, -0.15) is 15.1 Å². The van der Waals surface area contributed by atoms with Gasteiger partial charge >= 0.3 is 0 Å². The number of carbonyl (C=O) groups is 1. The van der Waals surface area contributed by atoms with E-state index in [0.717, 1.165) is 59.4 Å². The summed E-state index contributed by atoms with van der Waals surface area (Å²) in [7, 11) is 1.86. The van der Waals surface area contributed by atoms with E-state index in [1.807, 2.05) is 31.6 Å². The number of carbonyl (C=O) groups excluding carboxylic acids is 1. The Balaban J connectivity index is 1.40. The Kier molecular flexibility index (Phi) is 4.91. The van der Waals surface area contributed by atoms with Crippen LogP contribution in [0.2, 0.25) is 0 Å². The predicted octanol–water partition coefficient (Wildman–Crippen LogP) is 2.96. The third-order valence-corrected chi connectivity index (χ3v) is 6.20. The number of imidazole rings is 1. The van der Waals surface area contributed by atoms with Crippen LogP contribution in [0.1, 0.15) is 39.5 Å². The number of rotatable bonds is 5. The molecule has 5 rings (SSSR count). The lowest BCUT2D eigenvalue weighted by Crippen LogP contribution is -2.49. The van der Waals surface area contributed by atoms with Gasteiger partial charge in [-0.05, 0) is 44.7 Å². The Labute approximate surface area is 185 Å². The van der Waals surface area contributed by atoms with Crippen LogP contribution in [0.4, 0.5) is 11.8 Å². The molecular formula is C22H27N9O. The van der Waals surface area contributed by atoms with Crippen LogP contribution < -0.4 is 16.0 Å². The van der Waals surface area contributed by atoms with Gasteiger partial charge in [-0.25, -0.2) is 9.50 Å². The van der Waals surface area contributed by atoms with E-state index in [1.54, 1.807) is 17.6 Å². The lowest BCUT2D eigenvalue weighted by Gasteiger charge is -2.38. The van der Waals surface area contributed by atoms with Gasteiger partial charge in [0.15, 0.2) is 5.65 Å². The van der Waals surface area contributed by atoms with Crippen LogP contribution in [0, 0.1) is 0 Å². The molecule has 32 heavy (non-hydrogen) atoms. The van der Waals surface area contributed by atoms with E-state index in [-0.39, 0.29) is 17.5 Å². The molecule has 4 aromatic rings. The molecule has 0 saturated heterocycles. The van der Waals surface area contributed by atoms with Gasteiger partial charge in [0.2, 0.25) is 11.9 Å². The molecule has 1 amide bonds. The van der Waals surface area contributed by atoms with E-state index < -0.39 is 0 Å². The molecule has 4 N–H and O–H groups in total. The molecule has 4 aromatic heterocycles. The summed E-state index contributed by atoms with van der Waals surface area (Å²) < 4.78 is 1.75. The number of hydrogen-bond donors (Lipinski definition) is 4. The molecule has 10 heteroatoms. The first-order valence-electron chi connectivity index (χ1n) is 10.9. The van der Waals surface area contributed by atoms with Gasteiger partial charge in [-0.15, -0.1) is 0 Å². The van der Waals surface area contributed by atoms with Gasteiger partial charge in [-0.3, -0.25) is 4.79 Å². The molecule has 1 saturated carbocycles. The zero-order valence-electron chi connectivity index (χ0n) is 18.4. The Hall–Kier alpha value is -3.69. The number of nitrogens with zero attached hydrogens (tertiary/aromatic N) is 5. The molecular weight excluding hydrogens is 406 g/mol. The predicted molar refractivity (Wildman–Crippen MR) is 124 cm³/mol. The van der Waals surface area contributed by atoms with Crippen molar-refractivity contribution in [1.29, 1.82) is 0 Å². The number of H-pyrrole nitrogens is 1. The van der Waals surface area contributed by atoms with Gasteiger partial charge in [0.25, 0.3) is 0 Å². The topological polar surface area (TPSA) is 125 Å². The highest BCUT2D eigenvalue weighted by atomic mass is 16.1. The number of anilines is 2. The molecule has 0 spiro atoms. The van der Waals surface area contributed by atoms with Crippen molar-refractivity contribution in [2.24, 2.45) is 0 Å². The molecule has 10 nitrogen and oxygen atoms in total. The van der Waals surface area contributed by atoms with Crippen LogP contribution in [-0.4, -0.2) is 54.1 Å². The smallest absolute Gasteiger partial charge is 0.226 e. The quantitative estimate of drug-likeness (QED) is 0.381. The molecule has 1 fully saturated rings. The molecule has 0 aromatic carbocycles. The highest BCUT2D eigenvalue weighted by molar-refractivity contribution is 6.00. The van der Waals surface area contributed by atoms with Crippen molar-refractivity contribution in [3.05, 3.63) is 30.7 Å². The summed E-state index contributed by atoms with van der Waals surface area (Å²) in [5.41, 5.74) is 3.14. The summed E-state index contributed by atoms with van der Waals surface area (Å²) in [4.78, 5) is 28.5. The third kappa shape index (κ3) is 3.72. The zero-order chi connectivity index (χ0) is 22.3. The van der Waals surface area contributed by atoms with Gasteiger partial charge < -0.3 is 20.9 Å². The molecule has 0 aliphatic heterocycles. The minimum Gasteiger partial charge on any atom is -0.372 e. The standard InChI is InChI=1S/C22H27N9O/c1-13(32)29-22(2)8-6-14(7-9-22)26-21-27-19(23-3)18-15(12-25-20(18)28-21)16-4-5-17-24-10-11-31(17)30-16/h4-5,10-12,14H,6-9H2,1-3H3,(H,29,32)(H3,23,25,26,27,28)/t14-,22+. The Morgan fingerprint density at radius 3 is 2.81 bits per heavy atom. The number of nitrogens with one attached hydrogen (secondary N) is 4. The van der Waals surface area contributed by atoms with Gasteiger partial charge in [-0.1, -0.05) is 0 Å². The number of aromatic amines is 1. The van der Waals surface area contributed by atoms with Crippen LogP contribution in [0.15, 0.2) is 30.7 Å². The molecule has 1 aliphatic carbocycles. The summed E-state index contributed by atoms with van der Waals surface area (Å²) in [6, 6.07) is 4.15. The van der Waals surface area contributed by atoms with Crippen molar-refractivity contribution in [3.8, 4) is 11.3 Å². The maximum absolute atomic E-state index is 11.5. The van der Waals surface area contributed by atoms with Gasteiger partial charge in [0.1, 0.15) is 11.5 Å². The van der Waals surface area contributed by atoms with Gasteiger partial charge in [0, 0.05) is 49.7 Å². The summed E-state index contributed by atoms with van der Waals surface area (Å²) in [6.07, 6.45) is 9.18. The van der Waals surface area contributed by atoms with Crippen molar-refractivity contribution in [2.45, 2.75) is 51.1 Å². The van der Waals surface area contributed by atoms with E-state index in [4.69, 9.17) is 9.97 Å². The van der Waals surface area contributed by atoms with Crippen LogP contribution in [0.5, 0.6) is 0 Å². The molecule has 4 heterocycles. The number of aromatic nitrogens is 6. The average Bonchev–Trinajstić information content (AvgIpc) is 3.40. The molecule has 0 bridgehead atoms. The van der Waals surface area contributed by atoms with E-state index in [1.165, 1.54) is 0 Å². The van der Waals surface area contributed by atoms with Gasteiger partial charge in [0.05, 0.1) is 11.1 Å². The minimum absolute atomic E-state index is 0.0237. The first-order valence-corrected chi connectivity index (χ1v) is 10.9. The van der Waals surface area contributed by atoms with Crippen molar-refractivity contribution in [2.75, 3.05) is 17.7 Å². The van der Waals surface area contributed by atoms with Crippen molar-refractivity contribution >= 4 is 34.4 Å². The largest absolute Gasteiger partial charge is 0.372 e. The SMILES string of the molecule is CNc1nc(N[C@H]2CC[C@@](C)(NC(C)=O)CC2)nc2[nH]cc(-c3ccc4nccn4n3)c12.